The summed E-state index contributed by atoms with van der Waals surface area (Å²) < 4.78 is 0. The molecule has 2 unspecified atom stereocenters. The second kappa shape index (κ2) is 4.80. The van der Waals surface area contributed by atoms with E-state index in [-0.39, 0.29) is 0 Å². The van der Waals surface area contributed by atoms with Gasteiger partial charge in [-0.15, -0.1) is 11.8 Å². The number of hydrogen-bond donors (Lipinski definition) is 1. The number of benzene rings is 1. The minimum atomic E-state index is 0.359. The highest BCUT2D eigenvalue weighted by Crippen LogP contribution is 2.41. The molecule has 2 atom stereocenters. The first-order valence-electron chi connectivity index (χ1n) is 6.04. The topological polar surface area (TPSA) is 26.0 Å². The standard InChI is InChI=1S/C14H21NS/c1-14(2)9-8-12(15)13(10-14)16-11-6-4-3-5-7-11/h3-7,12-13H,8-10,15H2,1-2H3. The van der Waals surface area contributed by atoms with E-state index in [1.807, 2.05) is 11.8 Å². The zero-order chi connectivity index (χ0) is 11.6. The molecule has 88 valence electrons. The van der Waals surface area contributed by atoms with Crippen molar-refractivity contribution in [2.45, 2.75) is 49.3 Å². The molecule has 0 radical (unpaired) electrons. The second-order valence-corrected chi connectivity index (χ2v) is 6.85. The lowest BCUT2D eigenvalue weighted by molar-refractivity contribution is 0.232. The molecule has 1 nitrogen and oxygen atoms in total. The van der Waals surface area contributed by atoms with Gasteiger partial charge in [0.15, 0.2) is 0 Å². The van der Waals surface area contributed by atoms with Crippen LogP contribution in [0, 0.1) is 5.41 Å². The Labute approximate surface area is 103 Å². The van der Waals surface area contributed by atoms with Crippen LogP contribution in [0.5, 0.6) is 0 Å². The first-order valence-corrected chi connectivity index (χ1v) is 6.92. The zero-order valence-corrected chi connectivity index (χ0v) is 11.0. The maximum Gasteiger partial charge on any atom is 0.0251 e. The molecule has 0 spiro atoms. The van der Waals surface area contributed by atoms with Crippen LogP contribution >= 0.6 is 11.8 Å². The molecule has 1 fully saturated rings. The van der Waals surface area contributed by atoms with E-state index in [2.05, 4.69) is 44.2 Å². The van der Waals surface area contributed by atoms with Crippen LogP contribution in [0.25, 0.3) is 0 Å². The molecule has 1 aromatic carbocycles. The van der Waals surface area contributed by atoms with E-state index >= 15 is 0 Å². The molecule has 1 saturated carbocycles. The fourth-order valence-electron chi connectivity index (χ4n) is 2.34. The number of nitrogens with two attached hydrogens (primary N) is 1. The van der Waals surface area contributed by atoms with Crippen molar-refractivity contribution in [3.8, 4) is 0 Å². The van der Waals surface area contributed by atoms with Crippen LogP contribution in [0.4, 0.5) is 0 Å². The van der Waals surface area contributed by atoms with Gasteiger partial charge in [0, 0.05) is 16.2 Å². The van der Waals surface area contributed by atoms with Gasteiger partial charge in [-0.25, -0.2) is 0 Å². The summed E-state index contributed by atoms with van der Waals surface area (Å²) in [7, 11) is 0. The molecule has 0 aliphatic heterocycles. The average molecular weight is 235 g/mol. The van der Waals surface area contributed by atoms with Gasteiger partial charge in [0.2, 0.25) is 0 Å². The highest BCUT2D eigenvalue weighted by Gasteiger charge is 2.33. The molecule has 0 aromatic heterocycles. The molecule has 1 aliphatic rings. The van der Waals surface area contributed by atoms with Crippen LogP contribution in [-0.4, -0.2) is 11.3 Å². The monoisotopic (exact) mass is 235 g/mol. The summed E-state index contributed by atoms with van der Waals surface area (Å²) in [6.45, 7) is 4.72. The molecule has 0 heterocycles. The Kier molecular flexibility index (Phi) is 3.60. The summed E-state index contributed by atoms with van der Waals surface area (Å²) in [5.41, 5.74) is 6.69. The maximum atomic E-state index is 6.23. The van der Waals surface area contributed by atoms with Gasteiger partial charge in [-0.05, 0) is 36.8 Å². The van der Waals surface area contributed by atoms with E-state index in [0.29, 0.717) is 16.7 Å². The molecule has 2 rings (SSSR count). The SMILES string of the molecule is CC1(C)CCC(N)C(Sc2ccccc2)C1. The summed E-state index contributed by atoms with van der Waals surface area (Å²) in [4.78, 5) is 1.35. The minimum Gasteiger partial charge on any atom is -0.327 e. The van der Waals surface area contributed by atoms with Crippen molar-refractivity contribution in [2.75, 3.05) is 0 Å². The van der Waals surface area contributed by atoms with Gasteiger partial charge in [-0.3, -0.25) is 0 Å². The summed E-state index contributed by atoms with van der Waals surface area (Å²) in [6.07, 6.45) is 3.66. The molecule has 0 bridgehead atoms. The third kappa shape index (κ3) is 3.02. The molecular formula is C14H21NS. The Balaban J connectivity index is 2.03. The average Bonchev–Trinajstić information content (AvgIpc) is 2.25. The fourth-order valence-corrected chi connectivity index (χ4v) is 3.85. The van der Waals surface area contributed by atoms with E-state index in [0.717, 1.165) is 6.42 Å². The van der Waals surface area contributed by atoms with Crippen molar-refractivity contribution in [3.05, 3.63) is 30.3 Å². The van der Waals surface area contributed by atoms with Crippen LogP contribution in [0.1, 0.15) is 33.1 Å². The van der Waals surface area contributed by atoms with Crippen molar-refractivity contribution in [3.63, 3.8) is 0 Å². The van der Waals surface area contributed by atoms with Gasteiger partial charge in [-0.2, -0.15) is 0 Å². The van der Waals surface area contributed by atoms with Crippen LogP contribution < -0.4 is 5.73 Å². The normalized spacial score (nSPS) is 28.9. The summed E-state index contributed by atoms with van der Waals surface area (Å²) in [5, 5.41) is 0.575. The van der Waals surface area contributed by atoms with Gasteiger partial charge < -0.3 is 5.73 Å². The van der Waals surface area contributed by atoms with Gasteiger partial charge in [0.05, 0.1) is 0 Å². The third-order valence-electron chi connectivity index (χ3n) is 3.42. The Morgan fingerprint density at radius 3 is 2.62 bits per heavy atom. The molecule has 2 N–H and O–H groups in total. The number of hydrogen-bond acceptors (Lipinski definition) is 2. The van der Waals surface area contributed by atoms with E-state index in [9.17, 15) is 0 Å². The second-order valence-electron chi connectivity index (χ2n) is 5.54. The van der Waals surface area contributed by atoms with Crippen molar-refractivity contribution in [1.82, 2.24) is 0 Å². The minimum absolute atomic E-state index is 0.359. The van der Waals surface area contributed by atoms with Gasteiger partial charge in [-0.1, -0.05) is 32.0 Å². The van der Waals surface area contributed by atoms with Crippen LogP contribution in [-0.2, 0) is 0 Å². The summed E-state index contributed by atoms with van der Waals surface area (Å²) in [6, 6.07) is 11.0. The predicted octanol–water partition coefficient (Wildman–Crippen LogP) is 3.68. The Morgan fingerprint density at radius 2 is 1.94 bits per heavy atom. The Bertz CT molecular complexity index is 334. The molecule has 0 saturated heterocycles. The molecule has 1 aromatic rings. The van der Waals surface area contributed by atoms with E-state index in [1.165, 1.54) is 17.7 Å². The van der Waals surface area contributed by atoms with E-state index in [1.54, 1.807) is 0 Å². The highest BCUT2D eigenvalue weighted by molar-refractivity contribution is 8.00. The van der Waals surface area contributed by atoms with Gasteiger partial charge in [0.25, 0.3) is 0 Å². The van der Waals surface area contributed by atoms with Gasteiger partial charge >= 0.3 is 0 Å². The largest absolute Gasteiger partial charge is 0.327 e. The molecule has 0 amide bonds. The van der Waals surface area contributed by atoms with Crippen LogP contribution in [0.15, 0.2) is 35.2 Å². The fraction of sp³-hybridized carbons (Fsp3) is 0.571. The Morgan fingerprint density at radius 1 is 1.25 bits per heavy atom. The lowest BCUT2D eigenvalue weighted by Gasteiger charge is -2.38. The van der Waals surface area contributed by atoms with E-state index in [4.69, 9.17) is 5.73 Å². The summed E-state index contributed by atoms with van der Waals surface area (Å²) >= 11 is 1.95. The predicted molar refractivity (Wildman–Crippen MR) is 71.7 cm³/mol. The van der Waals surface area contributed by atoms with Crippen molar-refractivity contribution in [1.29, 1.82) is 0 Å². The third-order valence-corrected chi connectivity index (χ3v) is 4.78. The quantitative estimate of drug-likeness (QED) is 0.846. The zero-order valence-electron chi connectivity index (χ0n) is 10.1. The first kappa shape index (κ1) is 12.0. The van der Waals surface area contributed by atoms with E-state index < -0.39 is 0 Å². The van der Waals surface area contributed by atoms with Crippen molar-refractivity contribution >= 4 is 11.8 Å². The number of rotatable bonds is 2. The van der Waals surface area contributed by atoms with Crippen LogP contribution in [0.3, 0.4) is 0 Å². The molecule has 16 heavy (non-hydrogen) atoms. The molecule has 2 heteroatoms. The smallest absolute Gasteiger partial charge is 0.0251 e. The number of thioether (sulfide) groups is 1. The Hall–Kier alpha value is -0.470. The molecule has 1 aliphatic carbocycles. The lowest BCUT2D eigenvalue weighted by Crippen LogP contribution is -2.41. The van der Waals surface area contributed by atoms with Crippen LogP contribution in [0.2, 0.25) is 0 Å². The van der Waals surface area contributed by atoms with Gasteiger partial charge in [0.1, 0.15) is 0 Å². The maximum absolute atomic E-state index is 6.23. The van der Waals surface area contributed by atoms with Crippen molar-refractivity contribution < 1.29 is 0 Å². The first-order chi connectivity index (χ1) is 7.57. The summed E-state index contributed by atoms with van der Waals surface area (Å²) in [5.74, 6) is 0. The van der Waals surface area contributed by atoms with Crippen molar-refractivity contribution in [2.24, 2.45) is 11.1 Å². The lowest BCUT2D eigenvalue weighted by atomic mass is 9.75. The molecular weight excluding hydrogens is 214 g/mol. The highest BCUT2D eigenvalue weighted by atomic mass is 32.2.